The van der Waals surface area contributed by atoms with E-state index in [-0.39, 0.29) is 11.5 Å². The van der Waals surface area contributed by atoms with Crippen LogP contribution in [-0.4, -0.2) is 25.6 Å². The molecule has 0 atom stereocenters. The van der Waals surface area contributed by atoms with Gasteiger partial charge in [-0.3, -0.25) is 9.79 Å². The third-order valence-corrected chi connectivity index (χ3v) is 3.27. The molecule has 0 aliphatic heterocycles. The van der Waals surface area contributed by atoms with Crippen LogP contribution in [0.5, 0.6) is 0 Å². The Morgan fingerprint density at radius 2 is 1.86 bits per heavy atom. The molecule has 0 spiro atoms. The smallest absolute Gasteiger partial charge is 0.228 e. The number of aliphatic imine (C=N–C) groups is 1. The fourth-order valence-electron chi connectivity index (χ4n) is 2.18. The fraction of sp³-hybridized carbons (Fsp3) is 0.412. The normalized spacial score (nSPS) is 13.1. The molecular formula is C17H26N4O. The van der Waals surface area contributed by atoms with E-state index in [1.807, 2.05) is 24.3 Å². The molecule has 0 aliphatic rings. The summed E-state index contributed by atoms with van der Waals surface area (Å²) in [5.41, 5.74) is 14.6. The maximum Gasteiger partial charge on any atom is 0.228 e. The van der Waals surface area contributed by atoms with E-state index in [0.717, 1.165) is 12.0 Å². The molecule has 1 aromatic carbocycles. The average molecular weight is 302 g/mol. The molecule has 0 unspecified atom stereocenters. The molecule has 0 saturated heterocycles. The maximum atomic E-state index is 12.5. The van der Waals surface area contributed by atoms with Gasteiger partial charge in [0.25, 0.3) is 0 Å². The van der Waals surface area contributed by atoms with Crippen molar-refractivity contribution in [2.45, 2.75) is 27.2 Å². The van der Waals surface area contributed by atoms with Crippen molar-refractivity contribution < 1.29 is 4.79 Å². The minimum atomic E-state index is -0.278. The van der Waals surface area contributed by atoms with Crippen molar-refractivity contribution in [3.8, 4) is 0 Å². The highest BCUT2D eigenvalue weighted by Gasteiger charge is 2.18. The van der Waals surface area contributed by atoms with Gasteiger partial charge in [0.05, 0.1) is 5.70 Å². The number of allylic oxidation sites excluding steroid dienone is 2. The van der Waals surface area contributed by atoms with E-state index in [4.69, 9.17) is 5.73 Å². The highest BCUT2D eigenvalue weighted by atomic mass is 16.1. The minimum absolute atomic E-state index is 0.154. The van der Waals surface area contributed by atoms with Crippen molar-refractivity contribution in [3.63, 3.8) is 0 Å². The van der Waals surface area contributed by atoms with Crippen molar-refractivity contribution in [2.75, 3.05) is 14.1 Å². The van der Waals surface area contributed by atoms with Crippen LogP contribution in [0.3, 0.4) is 0 Å². The summed E-state index contributed by atoms with van der Waals surface area (Å²) in [7, 11) is 3.31. The standard InChI is InChI=1S/C17H26N4O/c1-11(2)10-13-6-8-14(9-7-13)16(19-4)17(22)15(18)12(3)21-20-5/h6-9,11,20-21H,10,18H2,1-5H3. The number of nitrogens with zero attached hydrogens (tertiary/aromatic N) is 1. The number of hydrazine groups is 1. The van der Waals surface area contributed by atoms with Gasteiger partial charge in [-0.2, -0.15) is 0 Å². The van der Waals surface area contributed by atoms with Crippen molar-refractivity contribution in [3.05, 3.63) is 46.8 Å². The summed E-state index contributed by atoms with van der Waals surface area (Å²) < 4.78 is 0. The maximum absolute atomic E-state index is 12.5. The van der Waals surface area contributed by atoms with Gasteiger partial charge in [-0.05, 0) is 24.8 Å². The Morgan fingerprint density at radius 1 is 1.27 bits per heavy atom. The number of nitrogens with two attached hydrogens (primary N) is 1. The van der Waals surface area contributed by atoms with Crippen LogP contribution in [0.1, 0.15) is 31.9 Å². The highest BCUT2D eigenvalue weighted by Crippen LogP contribution is 2.12. The molecule has 120 valence electrons. The van der Waals surface area contributed by atoms with Gasteiger partial charge in [0, 0.05) is 19.7 Å². The lowest BCUT2D eigenvalue weighted by molar-refractivity contribution is -0.109. The summed E-state index contributed by atoms with van der Waals surface area (Å²) in [6.45, 7) is 6.10. The Hall–Kier alpha value is -2.14. The van der Waals surface area contributed by atoms with E-state index in [0.29, 0.717) is 17.3 Å². The Kier molecular flexibility index (Phi) is 6.79. The summed E-state index contributed by atoms with van der Waals surface area (Å²) in [5.74, 6) is 0.319. The Labute approximate surface area is 132 Å². The van der Waals surface area contributed by atoms with Crippen molar-refractivity contribution in [2.24, 2.45) is 16.6 Å². The number of carbonyl (C=O) groups excluding carboxylic acids is 1. The van der Waals surface area contributed by atoms with Crippen LogP contribution in [0.4, 0.5) is 0 Å². The summed E-state index contributed by atoms with van der Waals surface area (Å²) in [6, 6.07) is 7.91. The highest BCUT2D eigenvalue weighted by molar-refractivity contribution is 6.51. The van der Waals surface area contributed by atoms with E-state index < -0.39 is 0 Å². The third kappa shape index (κ3) is 4.70. The van der Waals surface area contributed by atoms with Gasteiger partial charge in [-0.15, -0.1) is 0 Å². The van der Waals surface area contributed by atoms with Crippen molar-refractivity contribution in [1.82, 2.24) is 10.9 Å². The molecule has 0 aromatic heterocycles. The summed E-state index contributed by atoms with van der Waals surface area (Å²) >= 11 is 0. The largest absolute Gasteiger partial charge is 0.394 e. The van der Waals surface area contributed by atoms with Crippen LogP contribution in [0.15, 0.2) is 40.7 Å². The Balaban J connectivity index is 3.02. The molecule has 0 aliphatic carbocycles. The van der Waals surface area contributed by atoms with Gasteiger partial charge in [0.2, 0.25) is 5.78 Å². The third-order valence-electron chi connectivity index (χ3n) is 3.27. The van der Waals surface area contributed by atoms with Gasteiger partial charge < -0.3 is 11.2 Å². The number of hydrogen-bond donors (Lipinski definition) is 3. The van der Waals surface area contributed by atoms with Crippen molar-refractivity contribution in [1.29, 1.82) is 0 Å². The summed E-state index contributed by atoms with van der Waals surface area (Å²) in [4.78, 5) is 16.6. The van der Waals surface area contributed by atoms with Gasteiger partial charge in [0.1, 0.15) is 11.4 Å². The number of nitrogens with one attached hydrogen (secondary N) is 2. The molecule has 5 nitrogen and oxygen atoms in total. The number of rotatable bonds is 7. The first-order valence-corrected chi connectivity index (χ1v) is 7.40. The zero-order chi connectivity index (χ0) is 16.7. The van der Waals surface area contributed by atoms with E-state index in [2.05, 4.69) is 29.7 Å². The Morgan fingerprint density at radius 3 is 2.32 bits per heavy atom. The lowest BCUT2D eigenvalue weighted by atomic mass is 9.98. The molecule has 0 amide bonds. The van der Waals surface area contributed by atoms with Crippen LogP contribution >= 0.6 is 0 Å². The number of ketones is 1. The average Bonchev–Trinajstić information content (AvgIpc) is 2.48. The van der Waals surface area contributed by atoms with Crippen LogP contribution in [-0.2, 0) is 11.2 Å². The number of benzene rings is 1. The van der Waals surface area contributed by atoms with Crippen LogP contribution in [0.25, 0.3) is 0 Å². The van der Waals surface area contributed by atoms with Crippen LogP contribution in [0, 0.1) is 5.92 Å². The van der Waals surface area contributed by atoms with E-state index in [9.17, 15) is 4.79 Å². The molecule has 0 bridgehead atoms. The molecular weight excluding hydrogens is 276 g/mol. The SMILES string of the molecule is CN=C(C(=O)C(N)=C(C)NNC)c1ccc(CC(C)C)cc1. The lowest BCUT2D eigenvalue weighted by Crippen LogP contribution is -2.32. The summed E-state index contributed by atoms with van der Waals surface area (Å²) in [5, 5.41) is 0. The Bertz CT molecular complexity index is 571. The van der Waals surface area contributed by atoms with Gasteiger partial charge in [-0.1, -0.05) is 38.1 Å². The molecule has 0 heterocycles. The minimum Gasteiger partial charge on any atom is -0.394 e. The molecule has 0 radical (unpaired) electrons. The monoisotopic (exact) mass is 302 g/mol. The van der Waals surface area contributed by atoms with Gasteiger partial charge in [0.15, 0.2) is 0 Å². The van der Waals surface area contributed by atoms with Gasteiger partial charge in [-0.25, -0.2) is 5.43 Å². The molecule has 1 rings (SSSR count). The summed E-state index contributed by atoms with van der Waals surface area (Å²) in [6.07, 6.45) is 1.01. The van der Waals surface area contributed by atoms with E-state index >= 15 is 0 Å². The molecule has 4 N–H and O–H groups in total. The first-order valence-electron chi connectivity index (χ1n) is 7.40. The zero-order valence-corrected chi connectivity index (χ0v) is 14.0. The second-order valence-corrected chi connectivity index (χ2v) is 5.61. The molecule has 0 saturated carbocycles. The predicted molar refractivity (Wildman–Crippen MR) is 91.5 cm³/mol. The van der Waals surface area contributed by atoms with Crippen LogP contribution in [0.2, 0.25) is 0 Å². The van der Waals surface area contributed by atoms with E-state index in [1.165, 1.54) is 5.56 Å². The lowest BCUT2D eigenvalue weighted by Gasteiger charge is -2.11. The second-order valence-electron chi connectivity index (χ2n) is 5.61. The van der Waals surface area contributed by atoms with Crippen molar-refractivity contribution >= 4 is 11.5 Å². The quantitative estimate of drug-likeness (QED) is 0.407. The molecule has 0 fully saturated rings. The number of carbonyl (C=O) groups is 1. The van der Waals surface area contributed by atoms with Gasteiger partial charge >= 0.3 is 0 Å². The van der Waals surface area contributed by atoms with Crippen LogP contribution < -0.4 is 16.6 Å². The first kappa shape index (κ1) is 17.9. The second kappa shape index (κ2) is 8.34. The molecule has 1 aromatic rings. The number of hydrogen-bond acceptors (Lipinski definition) is 5. The topological polar surface area (TPSA) is 79.5 Å². The van der Waals surface area contributed by atoms with E-state index in [1.54, 1.807) is 21.0 Å². The molecule has 5 heteroatoms. The molecule has 22 heavy (non-hydrogen) atoms. The predicted octanol–water partition coefficient (Wildman–Crippen LogP) is 1.79. The first-order chi connectivity index (χ1) is 10.4. The fourth-order valence-corrected chi connectivity index (χ4v) is 2.18. The zero-order valence-electron chi connectivity index (χ0n) is 14.0. The number of Topliss-reactive ketones (excluding diaryl/α,β-unsaturated/α-hetero) is 1.